The number of benzene rings is 3. The van der Waals surface area contributed by atoms with Gasteiger partial charge in [0.15, 0.2) is 17.3 Å². The Labute approximate surface area is 469 Å². The van der Waals surface area contributed by atoms with Gasteiger partial charge in [-0.15, -0.1) is 0 Å². The van der Waals surface area contributed by atoms with Crippen molar-refractivity contribution in [2.45, 2.75) is 65.1 Å². The van der Waals surface area contributed by atoms with Gasteiger partial charge in [0, 0.05) is 108 Å². The molecule has 16 nitrogen and oxygen atoms in total. The SMILES string of the molecule is COc1cc(OC)c(CCC(=O)c2c[nH]c(C3=NCc4ncccc43)c2)c(OC)c1.COc1cccc(CCC(=O)c2c[nH]c(C3=NCc4ncccc43)c2)c1.Cc1ccccc1CCC(=O)c1c[nH]c(C2=NCc3ncccc32)c1. The molecule has 0 unspecified atom stereocenters. The van der Waals surface area contributed by atoms with Gasteiger partial charge in [0.05, 0.1) is 99.4 Å². The maximum absolute atomic E-state index is 12.8. The number of aliphatic imine (C=N–C) groups is 3. The second-order valence-corrected chi connectivity index (χ2v) is 19.5. The molecule has 12 rings (SSSR count). The highest BCUT2D eigenvalue weighted by Crippen LogP contribution is 2.35. The van der Waals surface area contributed by atoms with Crippen LogP contribution in [0, 0.1) is 6.92 Å². The van der Waals surface area contributed by atoms with Gasteiger partial charge in [0.2, 0.25) is 0 Å². The normalized spacial score (nSPS) is 12.5. The third-order valence-electron chi connectivity index (χ3n) is 14.5. The first kappa shape index (κ1) is 54.5. The lowest BCUT2D eigenvalue weighted by atomic mass is 10.0. The van der Waals surface area contributed by atoms with Crippen LogP contribution < -0.4 is 18.9 Å². The Morgan fingerprint density at radius 3 is 1.35 bits per heavy atom. The van der Waals surface area contributed by atoms with E-state index < -0.39 is 0 Å². The number of rotatable bonds is 19. The average molecular weight is 1080 g/mol. The van der Waals surface area contributed by atoms with Crippen molar-refractivity contribution >= 4 is 34.5 Å². The number of ketones is 3. The van der Waals surface area contributed by atoms with Crippen LogP contribution in [-0.2, 0) is 38.9 Å². The molecule has 0 amide bonds. The van der Waals surface area contributed by atoms with E-state index in [1.807, 2.05) is 91.0 Å². The summed E-state index contributed by atoms with van der Waals surface area (Å²) in [5.74, 6) is 3.02. The summed E-state index contributed by atoms with van der Waals surface area (Å²) >= 11 is 0. The molecule has 3 aromatic carbocycles. The average Bonchev–Trinajstić information content (AvgIpc) is 4.50. The number of H-pyrrole nitrogens is 3. The number of ether oxygens (including phenoxy) is 4. The van der Waals surface area contributed by atoms with Crippen LogP contribution in [0.25, 0.3) is 0 Å². The molecule has 0 spiro atoms. The molecule has 0 bridgehead atoms. The molecule has 9 heterocycles. The van der Waals surface area contributed by atoms with Crippen LogP contribution in [0.4, 0.5) is 0 Å². The smallest absolute Gasteiger partial charge is 0.164 e. The second kappa shape index (κ2) is 25.3. The van der Waals surface area contributed by atoms with Gasteiger partial charge < -0.3 is 33.9 Å². The predicted molar refractivity (Wildman–Crippen MR) is 311 cm³/mol. The minimum Gasteiger partial charge on any atom is -0.497 e. The Hall–Kier alpha value is -9.83. The largest absolute Gasteiger partial charge is 0.497 e. The Morgan fingerprint density at radius 2 is 0.901 bits per heavy atom. The Kier molecular flexibility index (Phi) is 17.0. The van der Waals surface area contributed by atoms with Gasteiger partial charge in [-0.25, -0.2) is 0 Å². The van der Waals surface area contributed by atoms with Crippen molar-refractivity contribution in [1.82, 2.24) is 29.9 Å². The lowest BCUT2D eigenvalue weighted by Gasteiger charge is -2.14. The van der Waals surface area contributed by atoms with Gasteiger partial charge in [-0.1, -0.05) is 36.4 Å². The number of methoxy groups -OCH3 is 4. The molecule has 0 saturated heterocycles. The minimum atomic E-state index is 0.0300. The van der Waals surface area contributed by atoms with Gasteiger partial charge in [-0.3, -0.25) is 44.3 Å². The van der Waals surface area contributed by atoms with Crippen LogP contribution in [-0.4, -0.2) is 92.8 Å². The van der Waals surface area contributed by atoms with Gasteiger partial charge >= 0.3 is 0 Å². The highest BCUT2D eigenvalue weighted by molar-refractivity contribution is 6.16. The molecule has 0 atom stereocenters. The number of aromatic amines is 3. The number of carbonyl (C=O) groups is 3. The summed E-state index contributed by atoms with van der Waals surface area (Å²) in [7, 11) is 6.41. The molecule has 408 valence electrons. The monoisotopic (exact) mass is 1080 g/mol. The van der Waals surface area contributed by atoms with E-state index in [0.29, 0.717) is 85.7 Å². The molecule has 16 heteroatoms. The summed E-state index contributed by atoms with van der Waals surface area (Å²) in [5.41, 5.74) is 17.6. The first-order chi connectivity index (χ1) is 39.6. The van der Waals surface area contributed by atoms with Crippen molar-refractivity contribution in [2.75, 3.05) is 28.4 Å². The summed E-state index contributed by atoms with van der Waals surface area (Å²) in [6.45, 7) is 3.83. The third kappa shape index (κ3) is 12.6. The number of carbonyl (C=O) groups excluding carboxylic acids is 3. The number of nitrogens with zero attached hydrogens (tertiary/aromatic N) is 6. The Morgan fingerprint density at radius 1 is 0.457 bits per heavy atom. The van der Waals surface area contributed by atoms with E-state index >= 15 is 0 Å². The molecule has 0 aliphatic carbocycles. The lowest BCUT2D eigenvalue weighted by molar-refractivity contribution is 0.0974. The van der Waals surface area contributed by atoms with E-state index in [1.165, 1.54) is 11.1 Å². The number of aryl methyl sites for hydroxylation is 3. The lowest BCUT2D eigenvalue weighted by Crippen LogP contribution is -2.04. The third-order valence-corrected chi connectivity index (χ3v) is 14.5. The zero-order valence-corrected chi connectivity index (χ0v) is 45.8. The van der Waals surface area contributed by atoms with E-state index in [2.05, 4.69) is 63.9 Å². The predicted octanol–water partition coefficient (Wildman–Crippen LogP) is 11.1. The fourth-order valence-corrected chi connectivity index (χ4v) is 10.0. The molecule has 6 aromatic heterocycles. The number of aromatic nitrogens is 6. The first-order valence-electron chi connectivity index (χ1n) is 26.7. The number of fused-ring (bicyclic) bond motifs is 3. The molecule has 3 aliphatic rings. The van der Waals surface area contributed by atoms with E-state index in [1.54, 1.807) is 77.8 Å². The van der Waals surface area contributed by atoms with Gasteiger partial charge in [0.1, 0.15) is 23.0 Å². The standard InChI is InChI=1S/C23H23N3O4.C21H19N3O2.C21H19N3O/c1-28-15-10-21(29-2)17(22(11-15)30-3)6-7-20(27)14-9-18(25-12-14)23-16-5-4-8-24-19(16)13-26-23;1-26-16-5-2-4-14(10-16)7-8-20(25)15-11-18(23-12-15)21-17-6-3-9-22-19(17)13-24-21;1-14-5-2-3-6-15(14)8-9-20(25)16-11-18(23-12-16)21-17-7-4-10-22-19(17)13-24-21/h4-5,8-12,25H,6-7,13H2,1-3H3;2-6,9-12,23H,7-8,13H2,1H3;2-7,10-12,23H,8-9,13H2,1H3. The zero-order chi connectivity index (χ0) is 56.2. The van der Waals surface area contributed by atoms with Gasteiger partial charge in [0.25, 0.3) is 0 Å². The topological polar surface area (TPSA) is 211 Å². The molecule has 0 fully saturated rings. The van der Waals surface area contributed by atoms with Crippen molar-refractivity contribution in [3.8, 4) is 23.0 Å². The summed E-state index contributed by atoms with van der Waals surface area (Å²) in [4.78, 5) is 74.2. The molecule has 3 N–H and O–H groups in total. The van der Waals surface area contributed by atoms with Crippen LogP contribution in [0.1, 0.15) is 123 Å². The van der Waals surface area contributed by atoms with Gasteiger partial charge in [-0.2, -0.15) is 0 Å². The van der Waals surface area contributed by atoms with E-state index in [0.717, 1.165) is 91.3 Å². The molecule has 0 saturated carbocycles. The molecular formula is C65H61N9O7. The van der Waals surface area contributed by atoms with Crippen LogP contribution in [0.15, 0.2) is 167 Å². The molecule has 3 aliphatic heterocycles. The second-order valence-electron chi connectivity index (χ2n) is 19.5. The number of pyridine rings is 3. The van der Waals surface area contributed by atoms with Crippen molar-refractivity contribution < 1.29 is 33.3 Å². The van der Waals surface area contributed by atoms with E-state index in [-0.39, 0.29) is 17.3 Å². The highest BCUT2D eigenvalue weighted by atomic mass is 16.5. The minimum absolute atomic E-state index is 0.0300. The van der Waals surface area contributed by atoms with Crippen molar-refractivity contribution in [2.24, 2.45) is 15.0 Å². The number of hydrogen-bond acceptors (Lipinski definition) is 13. The van der Waals surface area contributed by atoms with Crippen LogP contribution in [0.2, 0.25) is 0 Å². The fourth-order valence-electron chi connectivity index (χ4n) is 10.0. The Bertz CT molecular complexity index is 3840. The van der Waals surface area contributed by atoms with Crippen LogP contribution in [0.3, 0.4) is 0 Å². The molecule has 81 heavy (non-hydrogen) atoms. The molecule has 0 radical (unpaired) electrons. The zero-order valence-electron chi connectivity index (χ0n) is 45.8. The number of Topliss-reactive ketones (excluding diaryl/α,β-unsaturated/α-hetero) is 3. The molecular weight excluding hydrogens is 1020 g/mol. The maximum Gasteiger partial charge on any atom is 0.164 e. The first-order valence-corrected chi connectivity index (χ1v) is 26.7. The van der Waals surface area contributed by atoms with E-state index in [4.69, 9.17) is 18.9 Å². The summed E-state index contributed by atoms with van der Waals surface area (Å²) < 4.78 is 21.5. The fraction of sp³-hybridized carbons (Fsp3) is 0.215. The maximum atomic E-state index is 12.8. The van der Waals surface area contributed by atoms with Crippen molar-refractivity contribution in [3.63, 3.8) is 0 Å². The quantitative estimate of drug-likeness (QED) is 0.0652. The molecule has 9 aromatic rings. The highest BCUT2D eigenvalue weighted by Gasteiger charge is 2.24. The number of nitrogens with one attached hydrogen (secondary N) is 3. The summed E-state index contributed by atoms with van der Waals surface area (Å²) in [6, 6.07) is 37.0. The van der Waals surface area contributed by atoms with Crippen LogP contribution in [0.5, 0.6) is 23.0 Å². The van der Waals surface area contributed by atoms with Crippen LogP contribution >= 0.6 is 0 Å². The summed E-state index contributed by atoms with van der Waals surface area (Å²) in [6.07, 6.45) is 13.8. The summed E-state index contributed by atoms with van der Waals surface area (Å²) in [5, 5.41) is 0. The van der Waals surface area contributed by atoms with Crippen molar-refractivity contribution in [1.29, 1.82) is 0 Å². The Balaban J connectivity index is 0.000000137. The van der Waals surface area contributed by atoms with Gasteiger partial charge in [-0.05, 0) is 110 Å². The number of hydrogen-bond donors (Lipinski definition) is 3. The van der Waals surface area contributed by atoms with E-state index in [9.17, 15) is 14.4 Å². The van der Waals surface area contributed by atoms with Crippen molar-refractivity contribution in [3.05, 3.63) is 242 Å².